The molecule has 1 aromatic carbocycles. The van der Waals surface area contributed by atoms with Crippen LogP contribution in [-0.2, 0) is 19.0 Å². The van der Waals surface area contributed by atoms with E-state index in [1.54, 1.807) is 6.20 Å². The fourth-order valence-corrected chi connectivity index (χ4v) is 3.81. The van der Waals surface area contributed by atoms with Gasteiger partial charge < -0.3 is 29.7 Å². The lowest BCUT2D eigenvalue weighted by atomic mass is 10.1. The van der Waals surface area contributed by atoms with Crippen LogP contribution in [0.2, 0.25) is 0 Å². The number of aromatic nitrogens is 2. The third-order valence-electron chi connectivity index (χ3n) is 5.32. The van der Waals surface area contributed by atoms with Crippen molar-refractivity contribution >= 4 is 17.5 Å². The van der Waals surface area contributed by atoms with Crippen LogP contribution in [0.5, 0.6) is 0 Å². The van der Waals surface area contributed by atoms with Gasteiger partial charge in [0.2, 0.25) is 11.9 Å². The molecule has 4 rings (SSSR count). The van der Waals surface area contributed by atoms with E-state index in [1.165, 1.54) is 7.11 Å². The SMILES string of the molecule is COCC(=O)N[C@H]1CO[C@H]2[C@H]1OC[C@H]2Nc1nccc(-c2ccc(N(C)C)cc2)n1. The average molecular weight is 413 g/mol. The molecule has 0 spiro atoms. The molecule has 0 radical (unpaired) electrons. The number of ether oxygens (including phenoxy) is 3. The molecule has 2 aliphatic rings. The van der Waals surface area contributed by atoms with Crippen molar-refractivity contribution in [1.29, 1.82) is 0 Å². The molecule has 30 heavy (non-hydrogen) atoms. The summed E-state index contributed by atoms with van der Waals surface area (Å²) in [4.78, 5) is 22.9. The van der Waals surface area contributed by atoms with Gasteiger partial charge in [-0.15, -0.1) is 0 Å². The number of benzene rings is 1. The Morgan fingerprint density at radius 2 is 1.83 bits per heavy atom. The second-order valence-corrected chi connectivity index (χ2v) is 7.66. The smallest absolute Gasteiger partial charge is 0.246 e. The third kappa shape index (κ3) is 4.38. The third-order valence-corrected chi connectivity index (χ3v) is 5.32. The summed E-state index contributed by atoms with van der Waals surface area (Å²) in [6.45, 7) is 0.880. The fraction of sp³-hybridized carbons (Fsp3) is 0.476. The molecular formula is C21H27N5O4. The summed E-state index contributed by atoms with van der Waals surface area (Å²) in [6.07, 6.45) is 1.36. The maximum atomic E-state index is 11.8. The van der Waals surface area contributed by atoms with Gasteiger partial charge in [-0.1, -0.05) is 12.1 Å². The number of fused-ring (bicyclic) bond motifs is 1. The number of anilines is 2. The molecule has 9 heteroatoms. The molecule has 4 atom stereocenters. The van der Waals surface area contributed by atoms with Gasteiger partial charge in [-0.05, 0) is 18.2 Å². The van der Waals surface area contributed by atoms with E-state index in [1.807, 2.05) is 32.3 Å². The average Bonchev–Trinajstić information content (AvgIpc) is 3.32. The van der Waals surface area contributed by atoms with Crippen LogP contribution in [0.15, 0.2) is 36.5 Å². The first kappa shape index (κ1) is 20.5. The van der Waals surface area contributed by atoms with Crippen molar-refractivity contribution in [2.75, 3.05) is 51.2 Å². The number of amides is 1. The summed E-state index contributed by atoms with van der Waals surface area (Å²) in [7, 11) is 5.51. The van der Waals surface area contributed by atoms with Crippen LogP contribution in [0.25, 0.3) is 11.3 Å². The van der Waals surface area contributed by atoms with Crippen LogP contribution in [0.1, 0.15) is 0 Å². The van der Waals surface area contributed by atoms with Crippen molar-refractivity contribution in [2.45, 2.75) is 24.3 Å². The standard InChI is InChI=1S/C21H27N5O4/c1-26(2)14-6-4-13(5-7-14)15-8-9-22-21(24-15)25-17-11-30-19-16(10-29-20(17)19)23-18(27)12-28-3/h4-9,16-17,19-20H,10-12H2,1-3H3,(H,23,27)(H,22,24,25)/t16-,17+,19-,20+/m0/s1. The summed E-state index contributed by atoms with van der Waals surface area (Å²) in [5, 5.41) is 6.24. The summed E-state index contributed by atoms with van der Waals surface area (Å²) in [6, 6.07) is 9.82. The predicted molar refractivity (Wildman–Crippen MR) is 112 cm³/mol. The predicted octanol–water partition coefficient (Wildman–Crippen LogP) is 0.919. The summed E-state index contributed by atoms with van der Waals surface area (Å²) in [5.41, 5.74) is 2.99. The lowest BCUT2D eigenvalue weighted by Gasteiger charge is -2.18. The van der Waals surface area contributed by atoms with Crippen LogP contribution >= 0.6 is 0 Å². The van der Waals surface area contributed by atoms with Gasteiger partial charge >= 0.3 is 0 Å². The minimum Gasteiger partial charge on any atom is -0.378 e. The molecule has 2 aliphatic heterocycles. The van der Waals surface area contributed by atoms with Crippen molar-refractivity contribution in [2.24, 2.45) is 0 Å². The Hall–Kier alpha value is -2.75. The molecule has 2 fully saturated rings. The monoisotopic (exact) mass is 413 g/mol. The molecular weight excluding hydrogens is 386 g/mol. The zero-order chi connectivity index (χ0) is 21.1. The Bertz CT molecular complexity index is 876. The highest BCUT2D eigenvalue weighted by molar-refractivity contribution is 5.77. The molecule has 0 aliphatic carbocycles. The highest BCUT2D eigenvalue weighted by atomic mass is 16.6. The molecule has 1 aromatic heterocycles. The summed E-state index contributed by atoms with van der Waals surface area (Å²) >= 11 is 0. The molecule has 9 nitrogen and oxygen atoms in total. The van der Waals surface area contributed by atoms with Crippen LogP contribution in [-0.4, -0.2) is 81.2 Å². The molecule has 2 aromatic rings. The Morgan fingerprint density at radius 3 is 2.53 bits per heavy atom. The van der Waals surface area contributed by atoms with Gasteiger partial charge in [-0.2, -0.15) is 0 Å². The molecule has 0 unspecified atom stereocenters. The van der Waals surface area contributed by atoms with Gasteiger partial charge in [0, 0.05) is 38.7 Å². The molecule has 2 N–H and O–H groups in total. The number of carbonyl (C=O) groups excluding carboxylic acids is 1. The van der Waals surface area contributed by atoms with E-state index in [4.69, 9.17) is 14.2 Å². The Morgan fingerprint density at radius 1 is 1.13 bits per heavy atom. The quantitative estimate of drug-likeness (QED) is 0.692. The van der Waals surface area contributed by atoms with E-state index >= 15 is 0 Å². The minimum atomic E-state index is -0.204. The van der Waals surface area contributed by atoms with Crippen molar-refractivity contribution in [3.05, 3.63) is 36.5 Å². The van der Waals surface area contributed by atoms with Crippen molar-refractivity contribution in [3.63, 3.8) is 0 Å². The van der Waals surface area contributed by atoms with E-state index < -0.39 is 0 Å². The van der Waals surface area contributed by atoms with E-state index in [0.29, 0.717) is 19.2 Å². The second-order valence-electron chi connectivity index (χ2n) is 7.66. The maximum Gasteiger partial charge on any atom is 0.246 e. The van der Waals surface area contributed by atoms with Gasteiger partial charge in [-0.25, -0.2) is 9.97 Å². The van der Waals surface area contributed by atoms with Crippen LogP contribution in [0, 0.1) is 0 Å². The highest BCUT2D eigenvalue weighted by Crippen LogP contribution is 2.29. The number of rotatable bonds is 7. The van der Waals surface area contributed by atoms with Crippen LogP contribution in [0.4, 0.5) is 11.6 Å². The van der Waals surface area contributed by atoms with Gasteiger partial charge in [0.25, 0.3) is 0 Å². The molecule has 3 heterocycles. The number of methoxy groups -OCH3 is 1. The molecule has 0 bridgehead atoms. The number of hydrogen-bond acceptors (Lipinski definition) is 8. The van der Waals surface area contributed by atoms with Gasteiger partial charge in [0.15, 0.2) is 0 Å². The zero-order valence-electron chi connectivity index (χ0n) is 17.4. The molecule has 2 saturated heterocycles. The number of nitrogens with one attached hydrogen (secondary N) is 2. The highest BCUT2D eigenvalue weighted by Gasteiger charge is 2.48. The summed E-state index contributed by atoms with van der Waals surface area (Å²) in [5.74, 6) is 0.344. The normalized spacial score (nSPS) is 25.0. The molecule has 160 valence electrons. The van der Waals surface area contributed by atoms with E-state index in [9.17, 15) is 4.79 Å². The fourth-order valence-electron chi connectivity index (χ4n) is 3.81. The number of carbonyl (C=O) groups is 1. The lowest BCUT2D eigenvalue weighted by molar-refractivity contribution is -0.126. The summed E-state index contributed by atoms with van der Waals surface area (Å²) < 4.78 is 16.7. The Balaban J connectivity index is 1.41. The van der Waals surface area contributed by atoms with Gasteiger partial charge in [0.1, 0.15) is 18.8 Å². The van der Waals surface area contributed by atoms with E-state index in [0.717, 1.165) is 16.9 Å². The number of hydrogen-bond donors (Lipinski definition) is 2. The lowest BCUT2D eigenvalue weighted by Crippen LogP contribution is -2.45. The van der Waals surface area contributed by atoms with Crippen molar-refractivity contribution < 1.29 is 19.0 Å². The first-order valence-corrected chi connectivity index (χ1v) is 9.94. The zero-order valence-corrected chi connectivity index (χ0v) is 17.4. The van der Waals surface area contributed by atoms with Crippen molar-refractivity contribution in [1.82, 2.24) is 15.3 Å². The van der Waals surface area contributed by atoms with Crippen LogP contribution in [0.3, 0.4) is 0 Å². The first-order valence-electron chi connectivity index (χ1n) is 9.94. The number of nitrogens with zero attached hydrogens (tertiary/aromatic N) is 3. The van der Waals surface area contributed by atoms with Crippen LogP contribution < -0.4 is 15.5 Å². The maximum absolute atomic E-state index is 11.8. The Labute approximate surface area is 175 Å². The second kappa shape index (κ2) is 8.95. The van der Waals surface area contributed by atoms with E-state index in [-0.39, 0.29) is 36.8 Å². The minimum absolute atomic E-state index is 0.0196. The first-order chi connectivity index (χ1) is 14.5. The molecule has 1 amide bonds. The van der Waals surface area contributed by atoms with Gasteiger partial charge in [-0.3, -0.25) is 4.79 Å². The topological polar surface area (TPSA) is 97.8 Å². The van der Waals surface area contributed by atoms with Crippen molar-refractivity contribution in [3.8, 4) is 11.3 Å². The molecule has 0 saturated carbocycles. The largest absolute Gasteiger partial charge is 0.378 e. The van der Waals surface area contributed by atoms with Gasteiger partial charge in [0.05, 0.1) is 31.0 Å². The Kier molecular flexibility index (Phi) is 6.12. The van der Waals surface area contributed by atoms with E-state index in [2.05, 4.69) is 37.6 Å².